The second-order valence-corrected chi connectivity index (χ2v) is 7.44. The summed E-state index contributed by atoms with van der Waals surface area (Å²) in [7, 11) is 0. The second-order valence-electron chi connectivity index (χ2n) is 7.44. The van der Waals surface area contributed by atoms with Crippen LogP contribution in [0.4, 0.5) is 21.8 Å². The lowest BCUT2D eigenvalue weighted by atomic mass is 9.92. The topological polar surface area (TPSA) is 124 Å². The first-order valence-electron chi connectivity index (χ1n) is 9.97. The highest BCUT2D eigenvalue weighted by Crippen LogP contribution is 2.36. The van der Waals surface area contributed by atoms with Gasteiger partial charge in [0.1, 0.15) is 23.4 Å². The number of hydrogen-bond donors (Lipinski definition) is 2. The van der Waals surface area contributed by atoms with Crippen molar-refractivity contribution in [2.24, 2.45) is 0 Å². The SMILES string of the molecule is Cc1cc(/C=C/C#N)cc(C)c1-c1cc(F)cc2c(N)nc(Nc3ccc(C#N)nc3)nc12. The lowest BCUT2D eigenvalue weighted by molar-refractivity contribution is 0.630. The van der Waals surface area contributed by atoms with Crippen LogP contribution in [0.2, 0.25) is 0 Å². The van der Waals surface area contributed by atoms with E-state index in [9.17, 15) is 4.39 Å². The van der Waals surface area contributed by atoms with Gasteiger partial charge in [0.25, 0.3) is 0 Å². The van der Waals surface area contributed by atoms with Crippen LogP contribution in [0.15, 0.2) is 48.7 Å². The summed E-state index contributed by atoms with van der Waals surface area (Å²) in [5.41, 5.74) is 11.6. The largest absolute Gasteiger partial charge is 0.383 e. The molecule has 7 nitrogen and oxygen atoms in total. The molecular formula is C25H18FN7. The monoisotopic (exact) mass is 435 g/mol. The van der Waals surface area contributed by atoms with Gasteiger partial charge in [-0.05, 0) is 66.4 Å². The zero-order valence-corrected chi connectivity index (χ0v) is 17.9. The maximum absolute atomic E-state index is 14.6. The summed E-state index contributed by atoms with van der Waals surface area (Å²) >= 11 is 0. The molecule has 2 aromatic carbocycles. The summed E-state index contributed by atoms with van der Waals surface area (Å²) in [5.74, 6) is -0.0889. The molecule has 2 aromatic heterocycles. The van der Waals surface area contributed by atoms with Gasteiger partial charge in [-0.2, -0.15) is 15.5 Å². The molecule has 0 saturated carbocycles. The number of pyridine rings is 1. The minimum atomic E-state index is -0.447. The quantitative estimate of drug-likeness (QED) is 0.423. The highest BCUT2D eigenvalue weighted by molar-refractivity contribution is 6.00. The van der Waals surface area contributed by atoms with E-state index in [1.54, 1.807) is 18.2 Å². The van der Waals surface area contributed by atoms with Crippen molar-refractivity contribution in [2.75, 3.05) is 11.1 Å². The number of anilines is 3. The molecule has 33 heavy (non-hydrogen) atoms. The number of rotatable bonds is 4. The van der Waals surface area contributed by atoms with Gasteiger partial charge in [-0.15, -0.1) is 0 Å². The van der Waals surface area contributed by atoms with E-state index in [1.165, 1.54) is 24.4 Å². The van der Waals surface area contributed by atoms with Gasteiger partial charge >= 0.3 is 0 Å². The number of fused-ring (bicyclic) bond motifs is 1. The summed E-state index contributed by atoms with van der Waals surface area (Å²) in [4.78, 5) is 12.9. The van der Waals surface area contributed by atoms with Crippen LogP contribution in [0.25, 0.3) is 28.1 Å². The fourth-order valence-electron chi connectivity index (χ4n) is 3.78. The molecule has 0 atom stereocenters. The Kier molecular flexibility index (Phi) is 5.67. The number of allylic oxidation sites excluding steroid dienone is 1. The zero-order chi connectivity index (χ0) is 23.5. The molecule has 4 rings (SSSR count). The van der Waals surface area contributed by atoms with Crippen molar-refractivity contribution in [1.29, 1.82) is 10.5 Å². The molecule has 0 aliphatic carbocycles. The molecule has 3 N–H and O–H groups in total. The third-order valence-electron chi connectivity index (χ3n) is 5.10. The van der Waals surface area contributed by atoms with Crippen LogP contribution < -0.4 is 11.1 Å². The molecule has 4 aromatic rings. The number of aromatic nitrogens is 3. The number of nitrogens with two attached hydrogens (primary N) is 1. The Labute approximate surface area is 189 Å². The smallest absolute Gasteiger partial charge is 0.229 e. The van der Waals surface area contributed by atoms with Crippen LogP contribution in [0.3, 0.4) is 0 Å². The molecular weight excluding hydrogens is 417 g/mol. The standard InChI is InChI=1S/C25H18FN7/c1-14-8-16(4-3-7-27)9-15(2)22(14)20-10-17(26)11-21-23(20)32-25(33-24(21)29)31-19-6-5-18(12-28)30-13-19/h3-6,8-11,13H,1-2H3,(H3,29,31,32,33)/b4-3+. The normalized spacial score (nSPS) is 10.8. The van der Waals surface area contributed by atoms with E-state index in [0.29, 0.717) is 22.2 Å². The van der Waals surface area contributed by atoms with Crippen molar-refractivity contribution >= 4 is 34.4 Å². The van der Waals surface area contributed by atoms with E-state index in [-0.39, 0.29) is 17.5 Å². The van der Waals surface area contributed by atoms with E-state index < -0.39 is 5.82 Å². The molecule has 0 fully saturated rings. The first-order chi connectivity index (χ1) is 15.9. The molecule has 0 aliphatic rings. The predicted octanol–water partition coefficient (Wildman–Crippen LogP) is 5.18. The Morgan fingerprint density at radius 2 is 1.82 bits per heavy atom. The first kappa shape index (κ1) is 21.4. The number of halogens is 1. The molecule has 0 radical (unpaired) electrons. The fraction of sp³-hybridized carbons (Fsp3) is 0.0800. The summed E-state index contributed by atoms with van der Waals surface area (Å²) in [6, 6.07) is 13.8. The molecule has 2 heterocycles. The average molecular weight is 435 g/mol. The van der Waals surface area contributed by atoms with E-state index in [1.807, 2.05) is 38.1 Å². The summed E-state index contributed by atoms with van der Waals surface area (Å²) in [6.45, 7) is 3.85. The number of nitrogen functional groups attached to an aromatic ring is 1. The zero-order valence-electron chi connectivity index (χ0n) is 17.9. The third-order valence-corrected chi connectivity index (χ3v) is 5.10. The van der Waals surface area contributed by atoms with Gasteiger partial charge in [0, 0.05) is 17.0 Å². The Balaban J connectivity index is 1.88. The Morgan fingerprint density at radius 3 is 2.45 bits per heavy atom. The lowest BCUT2D eigenvalue weighted by Gasteiger charge is -2.15. The number of nitriles is 2. The average Bonchev–Trinajstić information content (AvgIpc) is 2.78. The Bertz CT molecular complexity index is 1470. The maximum Gasteiger partial charge on any atom is 0.229 e. The van der Waals surface area contributed by atoms with Gasteiger partial charge in [-0.3, -0.25) is 0 Å². The van der Waals surface area contributed by atoms with Crippen LogP contribution in [0.1, 0.15) is 22.4 Å². The van der Waals surface area contributed by atoms with Gasteiger partial charge in [0.05, 0.1) is 23.5 Å². The molecule has 0 saturated heterocycles. The van der Waals surface area contributed by atoms with Crippen molar-refractivity contribution in [1.82, 2.24) is 15.0 Å². The number of hydrogen-bond acceptors (Lipinski definition) is 7. The molecule has 160 valence electrons. The van der Waals surface area contributed by atoms with E-state index in [0.717, 1.165) is 22.3 Å². The van der Waals surface area contributed by atoms with Crippen molar-refractivity contribution in [3.05, 3.63) is 76.9 Å². The van der Waals surface area contributed by atoms with Crippen molar-refractivity contribution < 1.29 is 4.39 Å². The molecule has 0 spiro atoms. The minimum Gasteiger partial charge on any atom is -0.383 e. The maximum atomic E-state index is 14.6. The Hall–Kier alpha value is -4.82. The first-order valence-corrected chi connectivity index (χ1v) is 9.97. The number of nitrogens with one attached hydrogen (secondary N) is 1. The van der Waals surface area contributed by atoms with Gasteiger partial charge in [-0.25, -0.2) is 14.4 Å². The van der Waals surface area contributed by atoms with Crippen molar-refractivity contribution in [2.45, 2.75) is 13.8 Å². The van der Waals surface area contributed by atoms with Crippen LogP contribution >= 0.6 is 0 Å². The van der Waals surface area contributed by atoms with Crippen molar-refractivity contribution in [3.63, 3.8) is 0 Å². The predicted molar refractivity (Wildman–Crippen MR) is 126 cm³/mol. The minimum absolute atomic E-state index is 0.133. The van der Waals surface area contributed by atoms with Crippen LogP contribution in [0.5, 0.6) is 0 Å². The fourth-order valence-corrected chi connectivity index (χ4v) is 3.78. The van der Waals surface area contributed by atoms with Gasteiger partial charge in [0.15, 0.2) is 0 Å². The molecule has 8 heteroatoms. The number of benzene rings is 2. The molecule has 0 bridgehead atoms. The number of nitrogens with zero attached hydrogens (tertiary/aromatic N) is 5. The Morgan fingerprint density at radius 1 is 1.06 bits per heavy atom. The summed E-state index contributed by atoms with van der Waals surface area (Å²) in [5, 5.41) is 21.2. The highest BCUT2D eigenvalue weighted by atomic mass is 19.1. The second kappa shape index (κ2) is 8.74. The van der Waals surface area contributed by atoms with Crippen LogP contribution in [0, 0.1) is 42.3 Å². The summed E-state index contributed by atoms with van der Waals surface area (Å²) in [6.07, 6.45) is 4.63. The molecule has 0 unspecified atom stereocenters. The van der Waals surface area contributed by atoms with E-state index >= 15 is 0 Å². The summed E-state index contributed by atoms with van der Waals surface area (Å²) < 4.78 is 14.6. The molecule has 0 amide bonds. The van der Waals surface area contributed by atoms with E-state index in [2.05, 4.69) is 20.3 Å². The van der Waals surface area contributed by atoms with Crippen molar-refractivity contribution in [3.8, 4) is 23.3 Å². The van der Waals surface area contributed by atoms with E-state index in [4.69, 9.17) is 16.3 Å². The molecule has 0 aliphatic heterocycles. The van der Waals surface area contributed by atoms with Gasteiger partial charge < -0.3 is 11.1 Å². The highest BCUT2D eigenvalue weighted by Gasteiger charge is 2.17. The van der Waals surface area contributed by atoms with Crippen LogP contribution in [-0.4, -0.2) is 15.0 Å². The number of aryl methyl sites for hydroxylation is 2. The lowest BCUT2D eigenvalue weighted by Crippen LogP contribution is -2.04. The van der Waals surface area contributed by atoms with Crippen LogP contribution in [-0.2, 0) is 0 Å². The van der Waals surface area contributed by atoms with Gasteiger partial charge in [-0.1, -0.05) is 12.1 Å². The third kappa shape index (κ3) is 4.32. The van der Waals surface area contributed by atoms with Gasteiger partial charge in [0.2, 0.25) is 5.95 Å².